The van der Waals surface area contributed by atoms with Crippen molar-refractivity contribution in [1.82, 2.24) is 4.90 Å². The maximum atomic E-state index is 12.6. The Morgan fingerprint density at radius 1 is 1.21 bits per heavy atom. The minimum Gasteiger partial charge on any atom is -0.377 e. The van der Waals surface area contributed by atoms with Crippen molar-refractivity contribution < 1.29 is 40.8 Å². The van der Waals surface area contributed by atoms with Gasteiger partial charge in [-0.05, 0) is 25.0 Å². The molecule has 1 saturated heterocycles. The summed E-state index contributed by atoms with van der Waals surface area (Å²) in [4.78, 5) is 22.2. The van der Waals surface area contributed by atoms with Crippen LogP contribution >= 0.6 is 0 Å². The van der Waals surface area contributed by atoms with E-state index in [0.29, 0.717) is 12.7 Å². The molecule has 0 radical (unpaired) electrons. The van der Waals surface area contributed by atoms with Crippen LogP contribution < -0.4 is 5.32 Å². The van der Waals surface area contributed by atoms with Gasteiger partial charge in [0, 0.05) is 24.8 Å². The zero-order valence-electron chi connectivity index (χ0n) is 14.8. The maximum Gasteiger partial charge on any atom is 0.406 e. The molecule has 2 rings (SSSR count). The van der Waals surface area contributed by atoms with Gasteiger partial charge in [-0.25, -0.2) is 0 Å². The van der Waals surface area contributed by atoms with E-state index >= 15 is 0 Å². The molecule has 0 spiro atoms. The molecule has 1 aromatic carbocycles. The predicted octanol–water partition coefficient (Wildman–Crippen LogP) is 3.75. The van der Waals surface area contributed by atoms with Crippen molar-refractivity contribution in [2.24, 2.45) is 0 Å². The van der Waals surface area contributed by atoms with Crippen molar-refractivity contribution in [2.75, 3.05) is 31.6 Å². The zero-order chi connectivity index (χ0) is 21.8. The standard InChI is InChI=1S/C16H17F6N3O4/c17-15(18,19)8-24(9-16(20,21)22)14(26)10-3-4-12(13(6-10)25(27)28)23-7-11-2-1-5-29-11/h3-4,6,11,23H,1-2,5,7-9H2/t11-/m1/s1. The second-order valence-electron chi connectivity index (χ2n) is 6.40. The second kappa shape index (κ2) is 8.84. The van der Waals surface area contributed by atoms with Gasteiger partial charge < -0.3 is 15.0 Å². The SMILES string of the molecule is O=C(c1ccc(NC[C@H]2CCCO2)c([N+](=O)[O-])c1)N(CC(F)(F)F)CC(F)(F)F. The molecule has 0 aliphatic carbocycles. The van der Waals surface area contributed by atoms with Crippen molar-refractivity contribution in [3.05, 3.63) is 33.9 Å². The Hall–Kier alpha value is -2.57. The molecule has 1 N–H and O–H groups in total. The third kappa shape index (κ3) is 7.07. The molecule has 1 amide bonds. The Bertz CT molecular complexity index is 731. The van der Waals surface area contributed by atoms with Gasteiger partial charge in [0.2, 0.25) is 0 Å². The van der Waals surface area contributed by atoms with E-state index in [1.54, 1.807) is 0 Å². The van der Waals surface area contributed by atoms with E-state index in [-0.39, 0.29) is 18.3 Å². The van der Waals surface area contributed by atoms with Crippen LogP contribution in [0.25, 0.3) is 0 Å². The number of anilines is 1. The van der Waals surface area contributed by atoms with E-state index < -0.39 is 52.4 Å². The van der Waals surface area contributed by atoms with E-state index in [2.05, 4.69) is 5.32 Å². The number of nitrogens with zero attached hydrogens (tertiary/aromatic N) is 2. The fraction of sp³-hybridized carbons (Fsp3) is 0.562. The first-order valence-corrected chi connectivity index (χ1v) is 8.42. The highest BCUT2D eigenvalue weighted by atomic mass is 19.4. The molecule has 1 aliphatic rings. The molecule has 0 saturated carbocycles. The van der Waals surface area contributed by atoms with Gasteiger partial charge in [0.1, 0.15) is 18.8 Å². The van der Waals surface area contributed by atoms with Crippen LogP contribution in [0.5, 0.6) is 0 Å². The summed E-state index contributed by atoms with van der Waals surface area (Å²) in [5.74, 6) is -1.62. The normalized spacial score (nSPS) is 17.2. The lowest BCUT2D eigenvalue weighted by molar-refractivity contribution is -0.384. The van der Waals surface area contributed by atoms with Crippen LogP contribution in [0.3, 0.4) is 0 Å². The monoisotopic (exact) mass is 429 g/mol. The molecular weight excluding hydrogens is 412 g/mol. The minimum absolute atomic E-state index is 0.0276. The summed E-state index contributed by atoms with van der Waals surface area (Å²) in [5, 5.41) is 14.0. The van der Waals surface area contributed by atoms with E-state index in [1.165, 1.54) is 0 Å². The molecule has 1 atom stereocenters. The van der Waals surface area contributed by atoms with Gasteiger partial charge in [-0.3, -0.25) is 14.9 Å². The number of hydrogen-bond acceptors (Lipinski definition) is 5. The number of benzene rings is 1. The van der Waals surface area contributed by atoms with Gasteiger partial charge >= 0.3 is 12.4 Å². The number of amides is 1. The van der Waals surface area contributed by atoms with Crippen LogP contribution in [0.1, 0.15) is 23.2 Å². The fourth-order valence-corrected chi connectivity index (χ4v) is 2.81. The van der Waals surface area contributed by atoms with Crippen LogP contribution in [0.15, 0.2) is 18.2 Å². The molecule has 1 heterocycles. The smallest absolute Gasteiger partial charge is 0.377 e. The summed E-state index contributed by atoms with van der Waals surface area (Å²) in [6.07, 6.45) is -8.76. The first kappa shape index (κ1) is 22.7. The number of halogens is 6. The molecule has 1 aromatic rings. The van der Waals surface area contributed by atoms with Gasteiger partial charge in [-0.2, -0.15) is 26.3 Å². The molecular formula is C16H17F6N3O4. The first-order chi connectivity index (χ1) is 13.4. The third-order valence-electron chi connectivity index (χ3n) is 4.01. The van der Waals surface area contributed by atoms with Gasteiger partial charge in [-0.15, -0.1) is 0 Å². The number of rotatable bonds is 7. The molecule has 162 valence electrons. The lowest BCUT2D eigenvalue weighted by Crippen LogP contribution is -2.44. The molecule has 0 unspecified atom stereocenters. The average Bonchev–Trinajstić information content (AvgIpc) is 3.09. The number of ether oxygens (including phenoxy) is 1. The zero-order valence-corrected chi connectivity index (χ0v) is 14.8. The van der Waals surface area contributed by atoms with Crippen molar-refractivity contribution in [2.45, 2.75) is 31.3 Å². The number of nitrogens with one attached hydrogen (secondary N) is 1. The topological polar surface area (TPSA) is 84.7 Å². The molecule has 29 heavy (non-hydrogen) atoms. The summed E-state index contributed by atoms with van der Waals surface area (Å²) in [5.41, 5.74) is -1.33. The van der Waals surface area contributed by atoms with Gasteiger partial charge in [0.05, 0.1) is 11.0 Å². The molecule has 1 aliphatic heterocycles. The van der Waals surface area contributed by atoms with Gasteiger partial charge in [-0.1, -0.05) is 0 Å². The van der Waals surface area contributed by atoms with Crippen molar-refractivity contribution in [1.29, 1.82) is 0 Å². The Kier molecular flexibility index (Phi) is 6.93. The number of carbonyl (C=O) groups excluding carboxylic acids is 1. The quantitative estimate of drug-likeness (QED) is 0.406. The Balaban J connectivity index is 2.24. The summed E-state index contributed by atoms with van der Waals surface area (Å²) < 4.78 is 80.9. The Morgan fingerprint density at radius 2 is 1.83 bits per heavy atom. The predicted molar refractivity (Wildman–Crippen MR) is 88.6 cm³/mol. The molecule has 13 heteroatoms. The summed E-state index contributed by atoms with van der Waals surface area (Å²) >= 11 is 0. The molecule has 1 fully saturated rings. The highest BCUT2D eigenvalue weighted by Crippen LogP contribution is 2.29. The van der Waals surface area contributed by atoms with Gasteiger partial charge in [0.25, 0.3) is 11.6 Å². The highest BCUT2D eigenvalue weighted by Gasteiger charge is 2.40. The van der Waals surface area contributed by atoms with E-state index in [4.69, 9.17) is 4.74 Å². The van der Waals surface area contributed by atoms with Crippen LogP contribution in [0.4, 0.5) is 37.7 Å². The molecule has 7 nitrogen and oxygen atoms in total. The van der Waals surface area contributed by atoms with E-state index in [9.17, 15) is 41.3 Å². The molecule has 0 aromatic heterocycles. The number of alkyl halides is 6. The number of carbonyl (C=O) groups is 1. The Labute approximate surface area is 160 Å². The number of nitro benzene ring substituents is 1. The lowest BCUT2D eigenvalue weighted by Gasteiger charge is -2.25. The minimum atomic E-state index is -5.07. The van der Waals surface area contributed by atoms with E-state index in [1.807, 2.05) is 0 Å². The third-order valence-corrected chi connectivity index (χ3v) is 4.01. The van der Waals surface area contributed by atoms with Crippen LogP contribution in [-0.2, 0) is 4.74 Å². The number of hydrogen-bond donors (Lipinski definition) is 1. The highest BCUT2D eigenvalue weighted by molar-refractivity contribution is 5.95. The van der Waals surface area contributed by atoms with Crippen LogP contribution in [-0.4, -0.2) is 60.4 Å². The summed E-state index contributed by atoms with van der Waals surface area (Å²) in [7, 11) is 0. The van der Waals surface area contributed by atoms with Gasteiger partial charge in [0.15, 0.2) is 0 Å². The first-order valence-electron chi connectivity index (χ1n) is 8.42. The summed E-state index contributed by atoms with van der Waals surface area (Å²) in [6.45, 7) is -3.51. The second-order valence-corrected chi connectivity index (χ2v) is 6.40. The Morgan fingerprint density at radius 3 is 2.31 bits per heavy atom. The van der Waals surface area contributed by atoms with Crippen molar-refractivity contribution >= 4 is 17.3 Å². The molecule has 0 bridgehead atoms. The summed E-state index contributed by atoms with van der Waals surface area (Å²) in [6, 6.07) is 2.66. The van der Waals surface area contributed by atoms with E-state index in [0.717, 1.165) is 25.0 Å². The van der Waals surface area contributed by atoms with Crippen LogP contribution in [0.2, 0.25) is 0 Å². The van der Waals surface area contributed by atoms with Crippen molar-refractivity contribution in [3.8, 4) is 0 Å². The average molecular weight is 429 g/mol. The maximum absolute atomic E-state index is 12.6. The van der Waals surface area contributed by atoms with Crippen LogP contribution in [0, 0.1) is 10.1 Å². The fourth-order valence-electron chi connectivity index (χ4n) is 2.81. The lowest BCUT2D eigenvalue weighted by atomic mass is 10.1. The number of nitro groups is 1. The van der Waals surface area contributed by atoms with Crippen molar-refractivity contribution in [3.63, 3.8) is 0 Å². The largest absolute Gasteiger partial charge is 0.406 e.